The van der Waals surface area contributed by atoms with Crippen LogP contribution in [0.5, 0.6) is 5.75 Å². The molecule has 2 heterocycles. The summed E-state index contributed by atoms with van der Waals surface area (Å²) in [6, 6.07) is 11.7. The highest BCUT2D eigenvalue weighted by atomic mass is 19.3. The summed E-state index contributed by atoms with van der Waals surface area (Å²) in [5.74, 6) is -0.732. The van der Waals surface area contributed by atoms with Gasteiger partial charge in [0, 0.05) is 31.9 Å². The molecule has 0 aromatic heterocycles. The number of piperazine rings is 1. The lowest BCUT2D eigenvalue weighted by atomic mass is 10.1. The first-order valence-electron chi connectivity index (χ1n) is 9.28. The van der Waals surface area contributed by atoms with Crippen LogP contribution in [-0.2, 0) is 10.8 Å². The Kier molecular flexibility index (Phi) is 5.10. The fourth-order valence-electron chi connectivity index (χ4n) is 3.47. The zero-order valence-corrected chi connectivity index (χ0v) is 15.9. The quantitative estimate of drug-likeness (QED) is 0.723. The monoisotopic (exact) mass is 436 g/mol. The fourth-order valence-corrected chi connectivity index (χ4v) is 3.47. The second-order valence-corrected chi connectivity index (χ2v) is 6.93. The van der Waals surface area contributed by atoms with E-state index in [1.165, 1.54) is 11.0 Å². The summed E-state index contributed by atoms with van der Waals surface area (Å²) in [6.07, 6.45) is -8.73. The Balaban J connectivity index is 1.42. The number of urea groups is 1. The summed E-state index contributed by atoms with van der Waals surface area (Å²) >= 11 is 0. The standard InChI is InChI=1S/C20H16F4N4O3/c21-19(22)15-11-14(5-6-17(15)30-20(23,24)31-19)26-18(29)28-9-7-27(8-10-28)16-4-2-1-3-13(16)12-25/h1-6,11H,7-10H2,(H,26,29). The number of hydrogen-bond acceptors (Lipinski definition) is 5. The van der Waals surface area contributed by atoms with Crippen molar-refractivity contribution in [1.82, 2.24) is 4.90 Å². The Morgan fingerprint density at radius 2 is 1.77 bits per heavy atom. The summed E-state index contributed by atoms with van der Waals surface area (Å²) in [5, 5.41) is 11.7. The van der Waals surface area contributed by atoms with E-state index in [-0.39, 0.29) is 5.69 Å². The minimum Gasteiger partial charge on any atom is -0.409 e. The Bertz CT molecular complexity index is 1050. The summed E-state index contributed by atoms with van der Waals surface area (Å²) in [4.78, 5) is 16.0. The fraction of sp³-hybridized carbons (Fsp3) is 0.300. The highest BCUT2D eigenvalue weighted by molar-refractivity contribution is 5.89. The molecule has 31 heavy (non-hydrogen) atoms. The second kappa shape index (κ2) is 7.63. The van der Waals surface area contributed by atoms with Gasteiger partial charge in [0.1, 0.15) is 11.8 Å². The van der Waals surface area contributed by atoms with E-state index in [2.05, 4.69) is 20.9 Å². The molecule has 4 rings (SSSR count). The van der Waals surface area contributed by atoms with Crippen LogP contribution >= 0.6 is 0 Å². The molecule has 2 aromatic carbocycles. The van der Waals surface area contributed by atoms with Gasteiger partial charge in [-0.05, 0) is 30.3 Å². The molecule has 1 N–H and O–H groups in total. The molecule has 1 fully saturated rings. The number of halogens is 4. The number of alkyl halides is 4. The predicted octanol–water partition coefficient (Wildman–Crippen LogP) is 3.92. The van der Waals surface area contributed by atoms with E-state index in [1.54, 1.807) is 12.1 Å². The second-order valence-electron chi connectivity index (χ2n) is 6.93. The largest absolute Gasteiger partial charge is 0.540 e. The lowest BCUT2D eigenvalue weighted by Gasteiger charge is -2.36. The van der Waals surface area contributed by atoms with Crippen molar-refractivity contribution in [3.8, 4) is 11.8 Å². The number of anilines is 2. The third-order valence-corrected chi connectivity index (χ3v) is 4.95. The maximum Gasteiger partial charge on any atom is 0.540 e. The van der Waals surface area contributed by atoms with E-state index >= 15 is 0 Å². The number of carbonyl (C=O) groups is 1. The molecule has 0 bridgehead atoms. The average molecular weight is 436 g/mol. The Hall–Kier alpha value is -3.52. The first kappa shape index (κ1) is 20.7. The SMILES string of the molecule is N#Cc1ccccc1N1CCN(C(=O)Nc2ccc3c(c2)C(F)(F)OC(F)(F)O3)CC1. The smallest absolute Gasteiger partial charge is 0.409 e. The van der Waals surface area contributed by atoms with Gasteiger partial charge in [-0.3, -0.25) is 0 Å². The number of fused-ring (bicyclic) bond motifs is 1. The molecule has 2 aliphatic rings. The van der Waals surface area contributed by atoms with Crippen molar-refractivity contribution in [2.24, 2.45) is 0 Å². The van der Waals surface area contributed by atoms with Gasteiger partial charge >= 0.3 is 18.4 Å². The maximum atomic E-state index is 13.9. The van der Waals surface area contributed by atoms with Crippen molar-refractivity contribution in [2.75, 3.05) is 36.4 Å². The Labute approximate surface area is 174 Å². The van der Waals surface area contributed by atoms with Gasteiger partial charge in [-0.1, -0.05) is 12.1 Å². The van der Waals surface area contributed by atoms with Crippen LogP contribution in [0.4, 0.5) is 33.7 Å². The van der Waals surface area contributed by atoms with Gasteiger partial charge in [0.2, 0.25) is 0 Å². The van der Waals surface area contributed by atoms with E-state index in [0.717, 1.165) is 17.8 Å². The van der Waals surface area contributed by atoms with E-state index in [1.807, 2.05) is 17.0 Å². The molecule has 7 nitrogen and oxygen atoms in total. The molecule has 1 saturated heterocycles. The number of nitriles is 1. The summed E-state index contributed by atoms with van der Waals surface area (Å²) in [6.45, 7) is 1.63. The molecule has 0 aliphatic carbocycles. The Morgan fingerprint density at radius 1 is 1.06 bits per heavy atom. The van der Waals surface area contributed by atoms with Crippen LogP contribution in [0.15, 0.2) is 42.5 Å². The molecule has 0 atom stereocenters. The third kappa shape index (κ3) is 4.20. The van der Waals surface area contributed by atoms with E-state index in [4.69, 9.17) is 0 Å². The minimum absolute atomic E-state index is 0.0157. The molecule has 0 unspecified atom stereocenters. The molecule has 0 radical (unpaired) electrons. The highest BCUT2D eigenvalue weighted by Gasteiger charge is 2.54. The van der Waals surface area contributed by atoms with Crippen molar-refractivity contribution in [3.63, 3.8) is 0 Å². The van der Waals surface area contributed by atoms with Crippen molar-refractivity contribution >= 4 is 17.4 Å². The molecular formula is C20H16F4N4O3. The Morgan fingerprint density at radius 3 is 2.48 bits per heavy atom. The van der Waals surface area contributed by atoms with Crippen molar-refractivity contribution in [1.29, 1.82) is 5.26 Å². The highest BCUT2D eigenvalue weighted by Crippen LogP contribution is 2.46. The molecule has 2 aromatic rings. The number of ether oxygens (including phenoxy) is 2. The first-order chi connectivity index (χ1) is 14.7. The molecule has 0 spiro atoms. The molecule has 11 heteroatoms. The number of para-hydroxylation sites is 1. The number of nitrogens with zero attached hydrogens (tertiary/aromatic N) is 3. The van der Waals surface area contributed by atoms with Gasteiger partial charge in [-0.25, -0.2) is 9.53 Å². The van der Waals surface area contributed by atoms with Crippen molar-refractivity contribution in [2.45, 2.75) is 12.4 Å². The summed E-state index contributed by atoms with van der Waals surface area (Å²) < 4.78 is 61.5. The molecule has 2 aliphatic heterocycles. The van der Waals surface area contributed by atoms with Crippen molar-refractivity contribution in [3.05, 3.63) is 53.6 Å². The van der Waals surface area contributed by atoms with Gasteiger partial charge in [0.05, 0.1) is 16.8 Å². The van der Waals surface area contributed by atoms with Gasteiger partial charge in [-0.15, -0.1) is 8.78 Å². The van der Waals surface area contributed by atoms with Crippen LogP contribution in [-0.4, -0.2) is 43.4 Å². The third-order valence-electron chi connectivity index (χ3n) is 4.95. The molecule has 0 saturated carbocycles. The zero-order chi connectivity index (χ0) is 22.2. The summed E-state index contributed by atoms with van der Waals surface area (Å²) in [7, 11) is 0. The summed E-state index contributed by atoms with van der Waals surface area (Å²) in [5.41, 5.74) is 0.386. The number of amides is 2. The normalized spacial score (nSPS) is 19.1. The number of rotatable bonds is 2. The van der Waals surface area contributed by atoms with Crippen LogP contribution in [0.2, 0.25) is 0 Å². The van der Waals surface area contributed by atoms with Gasteiger partial charge < -0.3 is 19.9 Å². The lowest BCUT2D eigenvalue weighted by molar-refractivity contribution is -0.461. The predicted molar refractivity (Wildman–Crippen MR) is 101 cm³/mol. The van der Waals surface area contributed by atoms with Crippen LogP contribution in [0.1, 0.15) is 11.1 Å². The maximum absolute atomic E-state index is 13.9. The molecular weight excluding hydrogens is 420 g/mol. The van der Waals surface area contributed by atoms with Gasteiger partial charge in [-0.2, -0.15) is 14.0 Å². The molecule has 162 valence electrons. The lowest BCUT2D eigenvalue weighted by Crippen LogP contribution is -2.50. The van der Waals surface area contributed by atoms with Crippen LogP contribution in [0.3, 0.4) is 0 Å². The zero-order valence-electron chi connectivity index (χ0n) is 15.9. The number of hydrogen-bond donors (Lipinski definition) is 1. The number of carbonyl (C=O) groups excluding carboxylic acids is 1. The van der Waals surface area contributed by atoms with Gasteiger partial charge in [0.15, 0.2) is 0 Å². The first-order valence-corrected chi connectivity index (χ1v) is 9.28. The van der Waals surface area contributed by atoms with Crippen LogP contribution in [0, 0.1) is 11.3 Å². The van der Waals surface area contributed by atoms with E-state index < -0.39 is 29.7 Å². The van der Waals surface area contributed by atoms with Crippen molar-refractivity contribution < 1.29 is 31.8 Å². The number of benzene rings is 2. The minimum atomic E-state index is -4.45. The van der Waals surface area contributed by atoms with E-state index in [0.29, 0.717) is 31.7 Å². The average Bonchev–Trinajstić information content (AvgIpc) is 2.73. The van der Waals surface area contributed by atoms with Crippen LogP contribution in [0.25, 0.3) is 0 Å². The van der Waals surface area contributed by atoms with Gasteiger partial charge in [0.25, 0.3) is 0 Å². The molecule has 2 amide bonds. The van der Waals surface area contributed by atoms with Crippen LogP contribution < -0.4 is 15.0 Å². The van der Waals surface area contributed by atoms with E-state index in [9.17, 15) is 27.6 Å². The topological polar surface area (TPSA) is 77.8 Å². The number of nitrogens with one attached hydrogen (secondary N) is 1.